The molecule has 18 heavy (non-hydrogen) atoms. The summed E-state index contributed by atoms with van der Waals surface area (Å²) in [6, 6.07) is 4.76. The van der Waals surface area contributed by atoms with Crippen LogP contribution in [0.15, 0.2) is 22.7 Å². The number of hydrogen-bond acceptors (Lipinski definition) is 2. The fourth-order valence-electron chi connectivity index (χ4n) is 2.11. The van der Waals surface area contributed by atoms with Crippen LogP contribution in [-0.4, -0.2) is 18.5 Å². The van der Waals surface area contributed by atoms with Crippen molar-refractivity contribution in [1.82, 2.24) is 10.6 Å². The Morgan fingerprint density at radius 2 is 2.33 bits per heavy atom. The Bertz CT molecular complexity index is 453. The highest BCUT2D eigenvalue weighted by Gasteiger charge is 2.23. The molecule has 0 spiro atoms. The van der Waals surface area contributed by atoms with Gasteiger partial charge in [0.05, 0.1) is 10.5 Å². The Morgan fingerprint density at radius 3 is 3.00 bits per heavy atom. The molecule has 0 aromatic heterocycles. The van der Waals surface area contributed by atoms with Crippen molar-refractivity contribution in [3.05, 3.63) is 34.1 Å². The molecule has 98 valence electrons. The summed E-state index contributed by atoms with van der Waals surface area (Å²) in [5.41, 5.74) is 0.960. The molecular weight excluding hydrogens is 299 g/mol. The number of carbonyl (C=O) groups is 1. The Morgan fingerprint density at radius 1 is 1.56 bits per heavy atom. The standard InChI is InChI=1S/C13H16BrFN2O/c1-8(9-4-5-11(15)10(14)7-9)17-12-3-2-6-16-13(12)18/h4-5,7-8,12,17H,2-3,6H2,1H3,(H,16,18). The first kappa shape index (κ1) is 13.5. The van der Waals surface area contributed by atoms with Gasteiger partial charge in [0.2, 0.25) is 5.91 Å². The maximum Gasteiger partial charge on any atom is 0.237 e. The lowest BCUT2D eigenvalue weighted by molar-refractivity contribution is -0.124. The zero-order valence-corrected chi connectivity index (χ0v) is 11.8. The van der Waals surface area contributed by atoms with Gasteiger partial charge in [-0.25, -0.2) is 4.39 Å². The van der Waals surface area contributed by atoms with Crippen LogP contribution < -0.4 is 10.6 Å². The van der Waals surface area contributed by atoms with E-state index in [1.54, 1.807) is 12.1 Å². The minimum absolute atomic E-state index is 0.00995. The van der Waals surface area contributed by atoms with Crippen LogP contribution in [0.4, 0.5) is 4.39 Å². The van der Waals surface area contributed by atoms with Gasteiger partial charge in [-0.15, -0.1) is 0 Å². The first-order valence-electron chi connectivity index (χ1n) is 6.06. The van der Waals surface area contributed by atoms with E-state index in [1.807, 2.05) is 6.92 Å². The summed E-state index contributed by atoms with van der Waals surface area (Å²) in [6.07, 6.45) is 1.84. The number of rotatable bonds is 3. The van der Waals surface area contributed by atoms with Crippen molar-refractivity contribution in [2.45, 2.75) is 31.8 Å². The molecule has 3 nitrogen and oxygen atoms in total. The Labute approximate surface area is 114 Å². The molecule has 1 aliphatic heterocycles. The summed E-state index contributed by atoms with van der Waals surface area (Å²) in [6.45, 7) is 2.73. The molecule has 1 saturated heterocycles. The van der Waals surface area contributed by atoms with Gasteiger partial charge in [0.25, 0.3) is 0 Å². The molecule has 0 saturated carbocycles. The lowest BCUT2D eigenvalue weighted by atomic mass is 10.0. The van der Waals surface area contributed by atoms with Gasteiger partial charge in [-0.2, -0.15) is 0 Å². The highest BCUT2D eigenvalue weighted by Crippen LogP contribution is 2.22. The van der Waals surface area contributed by atoms with Crippen molar-refractivity contribution in [2.75, 3.05) is 6.54 Å². The van der Waals surface area contributed by atoms with Gasteiger partial charge >= 0.3 is 0 Å². The molecule has 2 atom stereocenters. The van der Waals surface area contributed by atoms with Gasteiger partial charge in [-0.05, 0) is 53.4 Å². The van der Waals surface area contributed by atoms with E-state index in [9.17, 15) is 9.18 Å². The van der Waals surface area contributed by atoms with E-state index in [0.29, 0.717) is 4.47 Å². The third kappa shape index (κ3) is 3.09. The summed E-state index contributed by atoms with van der Waals surface area (Å²) in [5.74, 6) is -0.226. The lowest BCUT2D eigenvalue weighted by Gasteiger charge is -2.26. The van der Waals surface area contributed by atoms with E-state index >= 15 is 0 Å². The predicted molar refractivity (Wildman–Crippen MR) is 71.7 cm³/mol. The first-order valence-corrected chi connectivity index (χ1v) is 6.86. The Kier molecular flexibility index (Phi) is 4.35. The van der Waals surface area contributed by atoms with Crippen LogP contribution in [0.5, 0.6) is 0 Å². The molecule has 1 aromatic rings. The smallest absolute Gasteiger partial charge is 0.237 e. The maximum atomic E-state index is 13.2. The number of benzene rings is 1. The summed E-state index contributed by atoms with van der Waals surface area (Å²) in [5, 5.41) is 6.11. The highest BCUT2D eigenvalue weighted by atomic mass is 79.9. The number of piperidine rings is 1. The summed E-state index contributed by atoms with van der Waals surface area (Å²) in [4.78, 5) is 11.6. The lowest BCUT2D eigenvalue weighted by Crippen LogP contribution is -2.48. The third-order valence-electron chi connectivity index (χ3n) is 3.18. The minimum Gasteiger partial charge on any atom is -0.355 e. The number of carbonyl (C=O) groups excluding carboxylic acids is 1. The molecule has 5 heteroatoms. The summed E-state index contributed by atoms with van der Waals surface area (Å²) < 4.78 is 13.6. The molecule has 1 aliphatic rings. The van der Waals surface area contributed by atoms with Gasteiger partial charge in [-0.3, -0.25) is 10.1 Å². The average molecular weight is 315 g/mol. The van der Waals surface area contributed by atoms with Crippen molar-refractivity contribution in [1.29, 1.82) is 0 Å². The van der Waals surface area contributed by atoms with Crippen molar-refractivity contribution in [3.8, 4) is 0 Å². The van der Waals surface area contributed by atoms with Crippen LogP contribution in [0.25, 0.3) is 0 Å². The van der Waals surface area contributed by atoms with E-state index in [-0.39, 0.29) is 23.8 Å². The Hall–Kier alpha value is -0.940. The number of hydrogen-bond donors (Lipinski definition) is 2. The Balaban J connectivity index is 2.04. The van der Waals surface area contributed by atoms with Gasteiger partial charge in [0, 0.05) is 12.6 Å². The fraction of sp³-hybridized carbons (Fsp3) is 0.462. The van der Waals surface area contributed by atoms with Gasteiger partial charge in [0.1, 0.15) is 5.82 Å². The SMILES string of the molecule is CC(NC1CCCNC1=O)c1ccc(F)c(Br)c1. The molecule has 0 bridgehead atoms. The number of halogens is 2. The maximum absolute atomic E-state index is 13.2. The minimum atomic E-state index is -0.277. The van der Waals surface area contributed by atoms with Crippen molar-refractivity contribution in [3.63, 3.8) is 0 Å². The van der Waals surface area contributed by atoms with E-state index in [1.165, 1.54) is 6.07 Å². The molecule has 1 amide bonds. The molecular formula is C13H16BrFN2O. The second kappa shape index (κ2) is 5.80. The molecule has 2 rings (SSSR count). The topological polar surface area (TPSA) is 41.1 Å². The average Bonchev–Trinajstić information content (AvgIpc) is 2.35. The second-order valence-electron chi connectivity index (χ2n) is 4.55. The predicted octanol–water partition coefficient (Wildman–Crippen LogP) is 2.52. The van der Waals surface area contributed by atoms with Crippen molar-refractivity contribution < 1.29 is 9.18 Å². The third-order valence-corrected chi connectivity index (χ3v) is 3.79. The van der Waals surface area contributed by atoms with Crippen molar-refractivity contribution >= 4 is 21.8 Å². The van der Waals surface area contributed by atoms with Crippen LogP contribution >= 0.6 is 15.9 Å². The molecule has 1 fully saturated rings. The van der Waals surface area contributed by atoms with E-state index in [4.69, 9.17) is 0 Å². The van der Waals surface area contributed by atoms with Gasteiger partial charge in [0.15, 0.2) is 0 Å². The van der Waals surface area contributed by atoms with Crippen LogP contribution in [-0.2, 0) is 4.79 Å². The van der Waals surface area contributed by atoms with Crippen LogP contribution in [0.1, 0.15) is 31.4 Å². The molecule has 1 heterocycles. The van der Waals surface area contributed by atoms with Crippen LogP contribution in [0.3, 0.4) is 0 Å². The van der Waals surface area contributed by atoms with Gasteiger partial charge < -0.3 is 5.32 Å². The fourth-order valence-corrected chi connectivity index (χ4v) is 2.51. The summed E-state index contributed by atoms with van der Waals surface area (Å²) in [7, 11) is 0. The first-order chi connectivity index (χ1) is 8.58. The molecule has 0 radical (unpaired) electrons. The highest BCUT2D eigenvalue weighted by molar-refractivity contribution is 9.10. The molecule has 1 aromatic carbocycles. The quantitative estimate of drug-likeness (QED) is 0.900. The van der Waals surface area contributed by atoms with E-state index in [2.05, 4.69) is 26.6 Å². The molecule has 2 unspecified atom stereocenters. The summed E-state index contributed by atoms with van der Waals surface area (Å²) >= 11 is 3.17. The second-order valence-corrected chi connectivity index (χ2v) is 5.40. The monoisotopic (exact) mass is 314 g/mol. The van der Waals surface area contributed by atoms with Crippen molar-refractivity contribution in [2.24, 2.45) is 0 Å². The zero-order chi connectivity index (χ0) is 13.1. The van der Waals surface area contributed by atoms with E-state index in [0.717, 1.165) is 24.9 Å². The number of nitrogens with one attached hydrogen (secondary N) is 2. The van der Waals surface area contributed by atoms with E-state index < -0.39 is 0 Å². The molecule has 2 N–H and O–H groups in total. The molecule has 0 aliphatic carbocycles. The van der Waals surface area contributed by atoms with Gasteiger partial charge in [-0.1, -0.05) is 6.07 Å². The largest absolute Gasteiger partial charge is 0.355 e. The zero-order valence-electron chi connectivity index (χ0n) is 10.2. The normalized spacial score (nSPS) is 21.5. The van der Waals surface area contributed by atoms with Crippen LogP contribution in [0.2, 0.25) is 0 Å². The number of amides is 1. The van der Waals surface area contributed by atoms with Crippen LogP contribution in [0, 0.1) is 5.82 Å².